The van der Waals surface area contributed by atoms with Crippen molar-refractivity contribution in [1.29, 1.82) is 0 Å². The largest absolute Gasteiger partial charge is 0.382 e. The lowest BCUT2D eigenvalue weighted by Crippen LogP contribution is -2.26. The van der Waals surface area contributed by atoms with Gasteiger partial charge in [-0.15, -0.1) is 0 Å². The van der Waals surface area contributed by atoms with Crippen LogP contribution in [0.25, 0.3) is 0 Å². The maximum Gasteiger partial charge on any atom is 0.0543 e. The molecule has 0 aliphatic heterocycles. The first-order valence-corrected chi connectivity index (χ1v) is 5.50. The maximum atomic E-state index is 5.23. The van der Waals surface area contributed by atoms with Gasteiger partial charge in [0, 0.05) is 13.2 Å². The molecule has 2 atom stereocenters. The van der Waals surface area contributed by atoms with E-state index in [1.165, 1.54) is 5.57 Å². The molecule has 0 fully saturated rings. The lowest BCUT2D eigenvalue weighted by molar-refractivity contribution is 0.106. The molecule has 2 heteroatoms. The molecule has 0 aliphatic carbocycles. The van der Waals surface area contributed by atoms with Gasteiger partial charge in [0.05, 0.1) is 6.10 Å². The highest BCUT2D eigenvalue weighted by Crippen LogP contribution is 2.12. The first-order chi connectivity index (χ1) is 6.63. The number of methoxy groups -OCH3 is 1. The van der Waals surface area contributed by atoms with Crippen molar-refractivity contribution >= 4 is 0 Å². The van der Waals surface area contributed by atoms with Gasteiger partial charge in [-0.05, 0) is 39.7 Å². The van der Waals surface area contributed by atoms with E-state index in [1.807, 2.05) is 7.05 Å². The zero-order chi connectivity index (χ0) is 11.0. The number of rotatable bonds is 8. The summed E-state index contributed by atoms with van der Waals surface area (Å²) in [6, 6.07) is 0.556. The van der Waals surface area contributed by atoms with E-state index in [1.54, 1.807) is 7.11 Å². The maximum absolute atomic E-state index is 5.23. The average molecular weight is 199 g/mol. The topological polar surface area (TPSA) is 21.3 Å². The summed E-state index contributed by atoms with van der Waals surface area (Å²) in [5.74, 6) is 0. The standard InChI is InChI=1S/C12H25NO/c1-6-10(2)9-12(13-4)8-7-11(3)14-5/h11-13H,2,6-9H2,1,3-5H3. The summed E-state index contributed by atoms with van der Waals surface area (Å²) in [6.07, 6.45) is 4.80. The second-order valence-corrected chi connectivity index (χ2v) is 3.92. The Kier molecular flexibility index (Phi) is 7.81. The number of hydrogen-bond acceptors (Lipinski definition) is 2. The molecule has 0 saturated carbocycles. The number of hydrogen-bond donors (Lipinski definition) is 1. The lowest BCUT2D eigenvalue weighted by Gasteiger charge is -2.18. The second-order valence-electron chi connectivity index (χ2n) is 3.92. The SMILES string of the molecule is C=C(CC)CC(CCC(C)OC)NC. The lowest BCUT2D eigenvalue weighted by atomic mass is 10.0. The molecule has 1 N–H and O–H groups in total. The van der Waals surface area contributed by atoms with Crippen LogP contribution in [0.5, 0.6) is 0 Å². The molecular formula is C12H25NO. The average Bonchev–Trinajstić information content (AvgIpc) is 2.22. The van der Waals surface area contributed by atoms with Crippen LogP contribution in [0.1, 0.15) is 39.5 Å². The van der Waals surface area contributed by atoms with E-state index in [9.17, 15) is 0 Å². The molecule has 0 aliphatic rings. The van der Waals surface area contributed by atoms with Crippen molar-refractivity contribution < 1.29 is 4.74 Å². The van der Waals surface area contributed by atoms with Crippen LogP contribution in [0.2, 0.25) is 0 Å². The molecule has 0 radical (unpaired) electrons. The third-order valence-electron chi connectivity index (χ3n) is 2.77. The fourth-order valence-electron chi connectivity index (χ4n) is 1.40. The predicted octanol–water partition coefficient (Wildman–Crippen LogP) is 2.75. The first kappa shape index (κ1) is 13.7. The summed E-state index contributed by atoms with van der Waals surface area (Å²) in [5.41, 5.74) is 1.33. The molecule has 0 aromatic rings. The highest BCUT2D eigenvalue weighted by molar-refractivity contribution is 4.96. The second kappa shape index (κ2) is 8.01. The van der Waals surface area contributed by atoms with Crippen LogP contribution in [0.4, 0.5) is 0 Å². The van der Waals surface area contributed by atoms with Crippen molar-refractivity contribution in [1.82, 2.24) is 5.32 Å². The van der Waals surface area contributed by atoms with Crippen molar-refractivity contribution in [2.75, 3.05) is 14.2 Å². The van der Waals surface area contributed by atoms with E-state index in [-0.39, 0.29) is 0 Å². The number of nitrogens with one attached hydrogen (secondary N) is 1. The van der Waals surface area contributed by atoms with Crippen molar-refractivity contribution in [3.05, 3.63) is 12.2 Å². The molecule has 14 heavy (non-hydrogen) atoms. The van der Waals surface area contributed by atoms with Gasteiger partial charge in [-0.2, -0.15) is 0 Å². The van der Waals surface area contributed by atoms with Crippen LogP contribution in [-0.4, -0.2) is 26.3 Å². The summed E-state index contributed by atoms with van der Waals surface area (Å²) in [7, 11) is 3.79. The Hall–Kier alpha value is -0.340. The minimum Gasteiger partial charge on any atom is -0.382 e. The van der Waals surface area contributed by atoms with Gasteiger partial charge in [-0.1, -0.05) is 19.1 Å². The molecule has 0 aromatic heterocycles. The van der Waals surface area contributed by atoms with Gasteiger partial charge in [0.1, 0.15) is 0 Å². The summed E-state index contributed by atoms with van der Waals surface area (Å²) < 4.78 is 5.23. The molecule has 0 bridgehead atoms. The molecule has 0 rings (SSSR count). The Morgan fingerprint density at radius 2 is 2.07 bits per heavy atom. The summed E-state index contributed by atoms with van der Waals surface area (Å²) in [4.78, 5) is 0. The quantitative estimate of drug-likeness (QED) is 0.607. The van der Waals surface area contributed by atoms with Gasteiger partial charge in [0.15, 0.2) is 0 Å². The van der Waals surface area contributed by atoms with Crippen molar-refractivity contribution in [2.24, 2.45) is 0 Å². The first-order valence-electron chi connectivity index (χ1n) is 5.50. The normalized spacial score (nSPS) is 15.1. The summed E-state index contributed by atoms with van der Waals surface area (Å²) >= 11 is 0. The monoisotopic (exact) mass is 199 g/mol. The fourth-order valence-corrected chi connectivity index (χ4v) is 1.40. The van der Waals surface area contributed by atoms with Crippen molar-refractivity contribution in [3.8, 4) is 0 Å². The Morgan fingerprint density at radius 3 is 2.50 bits per heavy atom. The Balaban J connectivity index is 3.73. The minimum absolute atomic E-state index is 0.362. The van der Waals surface area contributed by atoms with E-state index < -0.39 is 0 Å². The molecule has 2 unspecified atom stereocenters. The third-order valence-corrected chi connectivity index (χ3v) is 2.77. The molecule has 0 amide bonds. The van der Waals surface area contributed by atoms with E-state index in [2.05, 4.69) is 25.7 Å². The van der Waals surface area contributed by atoms with Crippen LogP contribution < -0.4 is 5.32 Å². The Bertz CT molecular complexity index is 156. The van der Waals surface area contributed by atoms with Crippen LogP contribution in [0.3, 0.4) is 0 Å². The van der Waals surface area contributed by atoms with E-state index in [4.69, 9.17) is 4.74 Å². The van der Waals surface area contributed by atoms with E-state index in [0.717, 1.165) is 25.7 Å². The van der Waals surface area contributed by atoms with Crippen LogP contribution in [0.15, 0.2) is 12.2 Å². The molecular weight excluding hydrogens is 174 g/mol. The van der Waals surface area contributed by atoms with Gasteiger partial charge in [0.25, 0.3) is 0 Å². The molecule has 0 saturated heterocycles. The van der Waals surface area contributed by atoms with Gasteiger partial charge in [-0.25, -0.2) is 0 Å². The van der Waals surface area contributed by atoms with Gasteiger partial charge >= 0.3 is 0 Å². The van der Waals surface area contributed by atoms with Crippen molar-refractivity contribution in [3.63, 3.8) is 0 Å². The van der Waals surface area contributed by atoms with Crippen LogP contribution in [-0.2, 0) is 4.74 Å². The molecule has 0 heterocycles. The Morgan fingerprint density at radius 1 is 1.43 bits per heavy atom. The zero-order valence-corrected chi connectivity index (χ0v) is 10.1. The fraction of sp³-hybridized carbons (Fsp3) is 0.833. The van der Waals surface area contributed by atoms with Gasteiger partial charge in [0.2, 0.25) is 0 Å². The Labute approximate surface area is 88.7 Å². The molecule has 84 valence electrons. The summed E-state index contributed by atoms with van der Waals surface area (Å²) in [5, 5.41) is 3.33. The predicted molar refractivity (Wildman–Crippen MR) is 62.6 cm³/mol. The number of ether oxygens (including phenoxy) is 1. The van der Waals surface area contributed by atoms with E-state index in [0.29, 0.717) is 12.1 Å². The molecule has 2 nitrogen and oxygen atoms in total. The molecule has 0 spiro atoms. The van der Waals surface area contributed by atoms with Gasteiger partial charge in [-0.3, -0.25) is 0 Å². The summed E-state index contributed by atoms with van der Waals surface area (Å²) in [6.45, 7) is 8.31. The zero-order valence-electron chi connectivity index (χ0n) is 10.1. The van der Waals surface area contributed by atoms with E-state index >= 15 is 0 Å². The minimum atomic E-state index is 0.362. The smallest absolute Gasteiger partial charge is 0.0543 e. The van der Waals surface area contributed by atoms with Crippen LogP contribution >= 0.6 is 0 Å². The van der Waals surface area contributed by atoms with Crippen molar-refractivity contribution in [2.45, 2.75) is 51.7 Å². The molecule has 0 aromatic carbocycles. The van der Waals surface area contributed by atoms with Gasteiger partial charge < -0.3 is 10.1 Å². The van der Waals surface area contributed by atoms with Crippen LogP contribution in [0, 0.1) is 0 Å². The highest BCUT2D eigenvalue weighted by Gasteiger charge is 2.09. The highest BCUT2D eigenvalue weighted by atomic mass is 16.5. The third kappa shape index (κ3) is 6.17.